The molecule has 0 saturated heterocycles. The number of nitrogens with one attached hydrogen (secondary N) is 1. The molecule has 0 aromatic carbocycles. The lowest BCUT2D eigenvalue weighted by molar-refractivity contribution is -0.833. The fourth-order valence-corrected chi connectivity index (χ4v) is 4.68. The molecule has 0 saturated carbocycles. The van der Waals surface area contributed by atoms with Crippen molar-refractivity contribution >= 4 is 11.7 Å². The van der Waals surface area contributed by atoms with Gasteiger partial charge in [-0.3, -0.25) is 9.28 Å². The van der Waals surface area contributed by atoms with Crippen molar-refractivity contribution < 1.29 is 9.28 Å². The average molecular weight is 435 g/mol. The Hall–Kier alpha value is -1.16. The maximum atomic E-state index is 11.2. The molecule has 0 aromatic heterocycles. The summed E-state index contributed by atoms with van der Waals surface area (Å²) in [7, 11) is 0. The number of aliphatic imine (C=N–C) groups is 1. The van der Waals surface area contributed by atoms with Gasteiger partial charge in [-0.15, -0.1) is 0 Å². The van der Waals surface area contributed by atoms with E-state index in [4.69, 9.17) is 4.99 Å². The molecule has 1 aliphatic heterocycles. The Balaban J connectivity index is 1.99. The Morgan fingerprint density at radius 3 is 2.06 bits per heavy atom. The molecule has 1 heterocycles. The molecule has 0 aromatic rings. The fourth-order valence-electron chi connectivity index (χ4n) is 4.68. The predicted octanol–water partition coefficient (Wildman–Crippen LogP) is 6.80. The molecular weight excluding hydrogens is 382 g/mol. The minimum atomic E-state index is 0.0697. The SMILES string of the molecule is CCCCCCCC/C=C/CCCCCCCCC1=NCC[N+]1(CC)CCNC(C)=O. The van der Waals surface area contributed by atoms with Crippen LogP contribution in [0, 0.1) is 0 Å². The molecule has 31 heavy (non-hydrogen) atoms. The highest BCUT2D eigenvalue weighted by molar-refractivity contribution is 5.77. The maximum Gasteiger partial charge on any atom is 0.217 e. The van der Waals surface area contributed by atoms with E-state index in [-0.39, 0.29) is 5.91 Å². The third-order valence-corrected chi connectivity index (χ3v) is 6.80. The smallest absolute Gasteiger partial charge is 0.217 e. The van der Waals surface area contributed by atoms with Gasteiger partial charge in [-0.1, -0.05) is 76.9 Å². The fraction of sp³-hybridized carbons (Fsp3) is 0.852. The lowest BCUT2D eigenvalue weighted by Gasteiger charge is -2.33. The predicted molar refractivity (Wildman–Crippen MR) is 136 cm³/mol. The molecule has 4 heteroatoms. The van der Waals surface area contributed by atoms with Crippen LogP contribution in [0.25, 0.3) is 0 Å². The molecular formula is C27H52N3O+. The Bertz CT molecular complexity index is 515. The summed E-state index contributed by atoms with van der Waals surface area (Å²) in [6.45, 7) is 11.0. The van der Waals surface area contributed by atoms with Gasteiger partial charge in [0, 0.05) is 13.3 Å². The molecule has 1 unspecified atom stereocenters. The third-order valence-electron chi connectivity index (χ3n) is 6.80. The summed E-state index contributed by atoms with van der Waals surface area (Å²) < 4.78 is 0.991. The largest absolute Gasteiger partial charge is 0.351 e. The van der Waals surface area contributed by atoms with Crippen LogP contribution in [0.3, 0.4) is 0 Å². The zero-order valence-electron chi connectivity index (χ0n) is 21.1. The van der Waals surface area contributed by atoms with Crippen LogP contribution in [-0.4, -0.2) is 48.9 Å². The molecule has 0 radical (unpaired) electrons. The minimum Gasteiger partial charge on any atom is -0.351 e. The Morgan fingerprint density at radius 2 is 1.48 bits per heavy atom. The van der Waals surface area contributed by atoms with E-state index in [0.717, 1.165) is 43.6 Å². The molecule has 1 amide bonds. The Kier molecular flexibility index (Phi) is 16.6. The number of nitrogens with zero attached hydrogens (tertiary/aromatic N) is 2. The summed E-state index contributed by atoms with van der Waals surface area (Å²) in [5.74, 6) is 1.45. The molecule has 1 N–H and O–H groups in total. The molecule has 0 fully saturated rings. The summed E-state index contributed by atoms with van der Waals surface area (Å²) in [5.41, 5.74) is 0. The topological polar surface area (TPSA) is 41.5 Å². The van der Waals surface area contributed by atoms with Crippen molar-refractivity contribution in [3.8, 4) is 0 Å². The summed E-state index contributed by atoms with van der Waals surface area (Å²) in [6.07, 6.45) is 24.9. The number of carbonyl (C=O) groups is 1. The first kappa shape index (κ1) is 27.9. The molecule has 1 aliphatic rings. The molecule has 0 aliphatic carbocycles. The summed E-state index contributed by atoms with van der Waals surface area (Å²) in [6, 6.07) is 0. The van der Waals surface area contributed by atoms with Crippen molar-refractivity contribution in [2.24, 2.45) is 4.99 Å². The van der Waals surface area contributed by atoms with Crippen LogP contribution in [-0.2, 0) is 4.79 Å². The van der Waals surface area contributed by atoms with E-state index in [1.54, 1.807) is 6.92 Å². The number of hydrogen-bond donors (Lipinski definition) is 1. The maximum absolute atomic E-state index is 11.2. The van der Waals surface area contributed by atoms with Gasteiger partial charge in [0.15, 0.2) is 5.84 Å². The highest BCUT2D eigenvalue weighted by Gasteiger charge is 2.35. The number of amides is 1. The molecule has 0 bridgehead atoms. The van der Waals surface area contributed by atoms with Crippen LogP contribution in [0.1, 0.15) is 117 Å². The number of carbonyl (C=O) groups excluding carboxylic acids is 1. The second kappa shape index (κ2) is 18.4. The number of likely N-dealkylation sites (N-methyl/N-ethyl adjacent to an activating group) is 1. The van der Waals surface area contributed by atoms with Gasteiger partial charge in [0.1, 0.15) is 13.1 Å². The third kappa shape index (κ3) is 13.1. The Morgan fingerprint density at radius 1 is 0.903 bits per heavy atom. The van der Waals surface area contributed by atoms with E-state index >= 15 is 0 Å². The Labute approximate surface area is 193 Å². The van der Waals surface area contributed by atoms with Crippen LogP contribution in [0.2, 0.25) is 0 Å². The standard InChI is InChI=1S/C27H51N3O/c1-4-6-7-8-9-10-11-12-13-14-15-16-17-18-19-20-21-27-29-23-25-30(27,5-2)24-22-28-26(3)31/h12-13H,4-11,14-25H2,1-3H3/p+1/b13-12+. The number of amidine groups is 1. The second-order valence-corrected chi connectivity index (χ2v) is 9.38. The van der Waals surface area contributed by atoms with Crippen LogP contribution in [0.15, 0.2) is 17.1 Å². The van der Waals surface area contributed by atoms with E-state index in [2.05, 4.69) is 31.3 Å². The van der Waals surface area contributed by atoms with Crippen molar-refractivity contribution in [2.45, 2.75) is 117 Å². The number of unbranched alkanes of at least 4 members (excludes halogenated alkanes) is 12. The minimum absolute atomic E-state index is 0.0697. The van der Waals surface area contributed by atoms with Gasteiger partial charge < -0.3 is 5.32 Å². The first-order chi connectivity index (χ1) is 15.1. The van der Waals surface area contributed by atoms with Gasteiger partial charge in [0.05, 0.1) is 19.6 Å². The zero-order valence-corrected chi connectivity index (χ0v) is 21.1. The quantitative estimate of drug-likeness (QED) is 0.128. The normalized spacial score (nSPS) is 18.6. The van der Waals surface area contributed by atoms with E-state index in [1.165, 1.54) is 95.7 Å². The van der Waals surface area contributed by atoms with Crippen LogP contribution < -0.4 is 5.32 Å². The lowest BCUT2D eigenvalue weighted by atomic mass is 10.1. The van der Waals surface area contributed by atoms with Gasteiger partial charge >= 0.3 is 0 Å². The molecule has 0 spiro atoms. The summed E-state index contributed by atoms with van der Waals surface area (Å²) >= 11 is 0. The van der Waals surface area contributed by atoms with Gasteiger partial charge in [0.2, 0.25) is 5.91 Å². The van der Waals surface area contributed by atoms with Gasteiger partial charge in [-0.05, 0) is 39.0 Å². The van der Waals surface area contributed by atoms with Gasteiger partial charge in [-0.2, -0.15) is 0 Å². The highest BCUT2D eigenvalue weighted by Crippen LogP contribution is 2.20. The number of rotatable bonds is 20. The molecule has 4 nitrogen and oxygen atoms in total. The van der Waals surface area contributed by atoms with Crippen LogP contribution >= 0.6 is 0 Å². The van der Waals surface area contributed by atoms with Crippen LogP contribution in [0.4, 0.5) is 0 Å². The van der Waals surface area contributed by atoms with E-state index in [0.29, 0.717) is 0 Å². The number of hydrogen-bond acceptors (Lipinski definition) is 2. The first-order valence-electron chi connectivity index (χ1n) is 13.4. The molecule has 180 valence electrons. The lowest BCUT2D eigenvalue weighted by Crippen LogP contribution is -2.54. The van der Waals surface area contributed by atoms with Gasteiger partial charge in [-0.25, -0.2) is 4.99 Å². The molecule has 1 atom stereocenters. The average Bonchev–Trinajstić information content (AvgIpc) is 3.16. The molecule has 1 rings (SSSR count). The van der Waals surface area contributed by atoms with Crippen molar-refractivity contribution in [3.63, 3.8) is 0 Å². The monoisotopic (exact) mass is 434 g/mol. The van der Waals surface area contributed by atoms with Crippen molar-refractivity contribution in [1.29, 1.82) is 0 Å². The number of quaternary nitrogens is 1. The van der Waals surface area contributed by atoms with Crippen molar-refractivity contribution in [2.75, 3.05) is 32.7 Å². The zero-order chi connectivity index (χ0) is 22.6. The number of allylic oxidation sites excluding steroid dienone is 2. The van der Waals surface area contributed by atoms with Crippen molar-refractivity contribution in [3.05, 3.63) is 12.2 Å². The highest BCUT2D eigenvalue weighted by atomic mass is 16.1. The van der Waals surface area contributed by atoms with E-state index < -0.39 is 0 Å². The van der Waals surface area contributed by atoms with Crippen LogP contribution in [0.5, 0.6) is 0 Å². The first-order valence-corrected chi connectivity index (χ1v) is 13.4. The van der Waals surface area contributed by atoms with Gasteiger partial charge in [0.25, 0.3) is 0 Å². The summed E-state index contributed by atoms with van der Waals surface area (Å²) in [5, 5.41) is 2.96. The second-order valence-electron chi connectivity index (χ2n) is 9.38. The van der Waals surface area contributed by atoms with E-state index in [1.807, 2.05) is 0 Å². The summed E-state index contributed by atoms with van der Waals surface area (Å²) in [4.78, 5) is 16.0. The van der Waals surface area contributed by atoms with Crippen molar-refractivity contribution in [1.82, 2.24) is 5.32 Å². The van der Waals surface area contributed by atoms with E-state index in [9.17, 15) is 4.79 Å².